The van der Waals surface area contributed by atoms with Gasteiger partial charge in [0.25, 0.3) is 0 Å². The second-order valence-electron chi connectivity index (χ2n) is 3.35. The predicted octanol–water partition coefficient (Wildman–Crippen LogP) is 1.77. The molecule has 0 aliphatic carbocycles. The average Bonchev–Trinajstić information content (AvgIpc) is 2.19. The molecule has 4 heteroatoms. The van der Waals surface area contributed by atoms with Crippen molar-refractivity contribution in [1.82, 2.24) is 0 Å². The van der Waals surface area contributed by atoms with E-state index in [1.807, 2.05) is 0 Å². The number of methoxy groups -OCH3 is 2. The molecular formula is C11H15FO3. The zero-order valence-corrected chi connectivity index (χ0v) is 9.08. The molecule has 0 bridgehead atoms. The first-order valence-corrected chi connectivity index (χ1v) is 4.67. The van der Waals surface area contributed by atoms with Crippen LogP contribution in [0.25, 0.3) is 0 Å². The Balaban J connectivity index is 3.10. The van der Waals surface area contributed by atoms with Crippen LogP contribution in [-0.2, 0) is 6.42 Å². The van der Waals surface area contributed by atoms with Crippen LogP contribution in [0, 0.1) is 5.82 Å². The van der Waals surface area contributed by atoms with E-state index in [4.69, 9.17) is 9.47 Å². The molecule has 1 unspecified atom stereocenters. The molecular weight excluding hydrogens is 199 g/mol. The Morgan fingerprint density at radius 3 is 2.33 bits per heavy atom. The number of halogens is 1. The van der Waals surface area contributed by atoms with Crippen molar-refractivity contribution in [1.29, 1.82) is 0 Å². The van der Waals surface area contributed by atoms with Gasteiger partial charge in [0, 0.05) is 18.1 Å². The lowest BCUT2D eigenvalue weighted by molar-refractivity contribution is 0.194. The van der Waals surface area contributed by atoms with Gasteiger partial charge in [-0.1, -0.05) is 0 Å². The van der Waals surface area contributed by atoms with Gasteiger partial charge < -0.3 is 14.6 Å². The summed E-state index contributed by atoms with van der Waals surface area (Å²) >= 11 is 0. The second kappa shape index (κ2) is 4.98. The molecule has 1 atom stereocenters. The second-order valence-corrected chi connectivity index (χ2v) is 3.35. The van der Waals surface area contributed by atoms with E-state index in [2.05, 4.69) is 0 Å². The predicted molar refractivity (Wildman–Crippen MR) is 54.9 cm³/mol. The van der Waals surface area contributed by atoms with Crippen molar-refractivity contribution in [3.05, 3.63) is 23.5 Å². The lowest BCUT2D eigenvalue weighted by Crippen LogP contribution is -2.06. The first kappa shape index (κ1) is 11.8. The van der Waals surface area contributed by atoms with Crippen molar-refractivity contribution in [2.24, 2.45) is 0 Å². The minimum absolute atomic E-state index is 0.159. The summed E-state index contributed by atoms with van der Waals surface area (Å²) in [6.07, 6.45) is -0.103. The quantitative estimate of drug-likeness (QED) is 0.830. The number of aliphatic hydroxyl groups excluding tert-OH is 1. The normalized spacial score (nSPS) is 12.3. The van der Waals surface area contributed by atoms with Crippen LogP contribution in [0.15, 0.2) is 12.1 Å². The van der Waals surface area contributed by atoms with Crippen LogP contribution < -0.4 is 9.47 Å². The fourth-order valence-corrected chi connectivity index (χ4v) is 1.40. The van der Waals surface area contributed by atoms with Crippen molar-refractivity contribution >= 4 is 0 Å². The van der Waals surface area contributed by atoms with Gasteiger partial charge in [-0.3, -0.25) is 0 Å². The van der Waals surface area contributed by atoms with Crippen molar-refractivity contribution in [2.75, 3.05) is 14.2 Å². The maximum atomic E-state index is 13.3. The SMILES string of the molecule is COc1cc(CC(C)O)c(OC)cc1F. The van der Waals surface area contributed by atoms with E-state index in [9.17, 15) is 9.50 Å². The fourth-order valence-electron chi connectivity index (χ4n) is 1.40. The Morgan fingerprint density at radius 1 is 1.27 bits per heavy atom. The monoisotopic (exact) mass is 214 g/mol. The van der Waals surface area contributed by atoms with Crippen molar-refractivity contribution in [3.63, 3.8) is 0 Å². The molecule has 0 saturated carbocycles. The minimum Gasteiger partial charge on any atom is -0.496 e. The zero-order chi connectivity index (χ0) is 11.4. The number of ether oxygens (including phenoxy) is 2. The molecule has 0 fully saturated rings. The summed E-state index contributed by atoms with van der Waals surface area (Å²) in [6, 6.07) is 2.80. The maximum absolute atomic E-state index is 13.3. The van der Waals surface area contributed by atoms with Gasteiger partial charge in [-0.25, -0.2) is 4.39 Å². The van der Waals surface area contributed by atoms with Crippen LogP contribution in [0.4, 0.5) is 4.39 Å². The smallest absolute Gasteiger partial charge is 0.168 e. The third-order valence-electron chi connectivity index (χ3n) is 2.07. The fraction of sp³-hybridized carbons (Fsp3) is 0.455. The highest BCUT2D eigenvalue weighted by Crippen LogP contribution is 2.28. The Bertz CT molecular complexity index is 337. The summed E-state index contributed by atoms with van der Waals surface area (Å²) < 4.78 is 23.2. The van der Waals surface area contributed by atoms with Crippen LogP contribution in [-0.4, -0.2) is 25.4 Å². The highest BCUT2D eigenvalue weighted by atomic mass is 19.1. The molecule has 84 valence electrons. The van der Waals surface area contributed by atoms with E-state index in [0.29, 0.717) is 12.2 Å². The molecule has 0 aliphatic heterocycles. The Kier molecular flexibility index (Phi) is 3.91. The summed E-state index contributed by atoms with van der Waals surface area (Å²) in [6.45, 7) is 1.66. The highest BCUT2D eigenvalue weighted by Gasteiger charge is 2.12. The average molecular weight is 214 g/mol. The minimum atomic E-state index is -0.505. The molecule has 0 heterocycles. The largest absolute Gasteiger partial charge is 0.496 e. The van der Waals surface area contributed by atoms with E-state index < -0.39 is 11.9 Å². The van der Waals surface area contributed by atoms with Crippen molar-refractivity contribution in [2.45, 2.75) is 19.4 Å². The number of hydrogen-bond acceptors (Lipinski definition) is 3. The number of hydrogen-bond donors (Lipinski definition) is 1. The van der Waals surface area contributed by atoms with Crippen LogP contribution in [0.5, 0.6) is 11.5 Å². The molecule has 0 spiro atoms. The number of benzene rings is 1. The van der Waals surface area contributed by atoms with E-state index >= 15 is 0 Å². The molecule has 0 amide bonds. The topological polar surface area (TPSA) is 38.7 Å². The third kappa shape index (κ3) is 2.83. The molecule has 1 aromatic carbocycles. The van der Waals surface area contributed by atoms with Gasteiger partial charge >= 0.3 is 0 Å². The maximum Gasteiger partial charge on any atom is 0.168 e. The van der Waals surface area contributed by atoms with E-state index in [0.717, 1.165) is 5.56 Å². The first-order chi connectivity index (χ1) is 7.08. The first-order valence-electron chi connectivity index (χ1n) is 4.67. The van der Waals surface area contributed by atoms with Crippen molar-refractivity contribution < 1.29 is 19.0 Å². The molecule has 0 aliphatic rings. The number of rotatable bonds is 4. The molecule has 0 aromatic heterocycles. The summed E-state index contributed by atoms with van der Waals surface area (Å²) in [5, 5.41) is 9.27. The van der Waals surface area contributed by atoms with Gasteiger partial charge in [0.15, 0.2) is 11.6 Å². The van der Waals surface area contributed by atoms with Gasteiger partial charge in [0.1, 0.15) is 5.75 Å². The standard InChI is InChI=1S/C11H15FO3/c1-7(13)4-8-5-11(15-3)9(12)6-10(8)14-2/h5-7,13H,4H2,1-3H3. The molecule has 1 N–H and O–H groups in total. The molecule has 1 rings (SSSR count). The van der Waals surface area contributed by atoms with E-state index in [-0.39, 0.29) is 5.75 Å². The molecule has 15 heavy (non-hydrogen) atoms. The lowest BCUT2D eigenvalue weighted by atomic mass is 10.1. The van der Waals surface area contributed by atoms with Crippen LogP contribution >= 0.6 is 0 Å². The van der Waals surface area contributed by atoms with Crippen molar-refractivity contribution in [3.8, 4) is 11.5 Å². The molecule has 0 radical (unpaired) electrons. The zero-order valence-electron chi connectivity index (χ0n) is 9.08. The Labute approximate surface area is 88.4 Å². The highest BCUT2D eigenvalue weighted by molar-refractivity contribution is 5.41. The van der Waals surface area contributed by atoms with Gasteiger partial charge in [-0.15, -0.1) is 0 Å². The summed E-state index contributed by atoms with van der Waals surface area (Å²) in [7, 11) is 2.86. The summed E-state index contributed by atoms with van der Waals surface area (Å²) in [5.41, 5.74) is 0.728. The van der Waals surface area contributed by atoms with Gasteiger partial charge in [0.05, 0.1) is 20.3 Å². The van der Waals surface area contributed by atoms with Crippen LogP contribution in [0.1, 0.15) is 12.5 Å². The summed E-state index contributed by atoms with van der Waals surface area (Å²) in [5.74, 6) is 0.115. The third-order valence-corrected chi connectivity index (χ3v) is 2.07. The molecule has 3 nitrogen and oxygen atoms in total. The van der Waals surface area contributed by atoms with Gasteiger partial charge in [0.2, 0.25) is 0 Å². The lowest BCUT2D eigenvalue weighted by Gasteiger charge is -2.12. The molecule has 1 aromatic rings. The number of aliphatic hydroxyl groups is 1. The Morgan fingerprint density at radius 2 is 1.87 bits per heavy atom. The van der Waals surface area contributed by atoms with E-state index in [1.54, 1.807) is 13.0 Å². The van der Waals surface area contributed by atoms with Crippen LogP contribution in [0.3, 0.4) is 0 Å². The van der Waals surface area contributed by atoms with Gasteiger partial charge in [-0.05, 0) is 13.0 Å². The van der Waals surface area contributed by atoms with E-state index in [1.165, 1.54) is 20.3 Å². The summed E-state index contributed by atoms with van der Waals surface area (Å²) in [4.78, 5) is 0. The molecule has 0 saturated heterocycles. The van der Waals surface area contributed by atoms with Crippen LogP contribution in [0.2, 0.25) is 0 Å². The Hall–Kier alpha value is -1.29. The van der Waals surface area contributed by atoms with Gasteiger partial charge in [-0.2, -0.15) is 0 Å².